The molecule has 19 heteroatoms. The Labute approximate surface area is 473 Å². The third kappa shape index (κ3) is 53.4. The van der Waals surface area contributed by atoms with E-state index < -0.39 is 97.5 Å². The number of hydrogen-bond donors (Lipinski definition) is 3. The molecule has 0 saturated carbocycles. The van der Waals surface area contributed by atoms with Gasteiger partial charge in [-0.05, 0) is 25.7 Å². The Morgan fingerprint density at radius 2 is 0.513 bits per heavy atom. The molecule has 0 aromatic carbocycles. The standard InChI is InChI=1S/C59H114O17P2/c1-5-9-13-16-19-21-23-25-26-28-29-31-34-36-40-44-57(62)70-50-55(76-58(63)45-41-37-33-18-15-11-7-3)52-74-78(67,68)72-48-53(60)47-71-77(65,66)73-51-54(49-69-56(61)43-39-12-8-4)75-59(64)46-42-38-35-32-30-27-24-22-20-17-14-10-6-2/h53-55,60H,5-52H2,1-4H3,(H,65,66)(H,67,68)/t53-,54+,55+/m0/s1. The number of aliphatic hydroxyl groups excluding tert-OH is 1. The van der Waals surface area contributed by atoms with Crippen LogP contribution in [0.4, 0.5) is 0 Å². The number of carbonyl (C=O) groups is 4. The molecule has 3 N–H and O–H groups in total. The summed E-state index contributed by atoms with van der Waals surface area (Å²) >= 11 is 0. The van der Waals surface area contributed by atoms with Gasteiger partial charge in [0.2, 0.25) is 0 Å². The summed E-state index contributed by atoms with van der Waals surface area (Å²) in [5.41, 5.74) is 0. The molecule has 0 spiro atoms. The molecule has 0 radical (unpaired) electrons. The Balaban J connectivity index is 5.01. The first-order valence-electron chi connectivity index (χ1n) is 31.3. The second-order valence-electron chi connectivity index (χ2n) is 21.4. The molecule has 0 fully saturated rings. The van der Waals surface area contributed by atoms with Crippen LogP contribution < -0.4 is 0 Å². The predicted molar refractivity (Wildman–Crippen MR) is 308 cm³/mol. The number of hydrogen-bond acceptors (Lipinski definition) is 15. The van der Waals surface area contributed by atoms with Crippen molar-refractivity contribution >= 4 is 39.5 Å². The number of rotatable bonds is 60. The molecule has 0 heterocycles. The molecule has 0 aliphatic heterocycles. The first-order valence-corrected chi connectivity index (χ1v) is 34.3. The van der Waals surface area contributed by atoms with Gasteiger partial charge in [0.1, 0.15) is 19.3 Å². The third-order valence-electron chi connectivity index (χ3n) is 13.6. The molecule has 462 valence electrons. The molecule has 0 saturated heterocycles. The van der Waals surface area contributed by atoms with Gasteiger partial charge < -0.3 is 33.8 Å². The van der Waals surface area contributed by atoms with Crippen molar-refractivity contribution < 1.29 is 80.2 Å². The van der Waals surface area contributed by atoms with E-state index in [1.807, 2.05) is 6.92 Å². The summed E-state index contributed by atoms with van der Waals surface area (Å²) < 4.78 is 67.3. The van der Waals surface area contributed by atoms with Crippen molar-refractivity contribution in [3.05, 3.63) is 0 Å². The highest BCUT2D eigenvalue weighted by Gasteiger charge is 2.30. The summed E-state index contributed by atoms with van der Waals surface area (Å²) in [6, 6.07) is 0. The number of phosphoric acid groups is 2. The number of phosphoric ester groups is 2. The monoisotopic (exact) mass is 1160 g/mol. The van der Waals surface area contributed by atoms with Crippen molar-refractivity contribution in [2.45, 2.75) is 316 Å². The van der Waals surface area contributed by atoms with Gasteiger partial charge in [-0.2, -0.15) is 0 Å². The smallest absolute Gasteiger partial charge is 0.462 e. The van der Waals surface area contributed by atoms with Gasteiger partial charge in [0.15, 0.2) is 12.2 Å². The van der Waals surface area contributed by atoms with Crippen LogP contribution in [0.15, 0.2) is 0 Å². The van der Waals surface area contributed by atoms with E-state index in [1.54, 1.807) is 0 Å². The highest BCUT2D eigenvalue weighted by molar-refractivity contribution is 7.47. The zero-order valence-corrected chi connectivity index (χ0v) is 51.4. The van der Waals surface area contributed by atoms with E-state index in [4.69, 9.17) is 37.0 Å². The van der Waals surface area contributed by atoms with Crippen LogP contribution in [-0.4, -0.2) is 96.7 Å². The molecule has 0 aliphatic carbocycles. The summed E-state index contributed by atoms with van der Waals surface area (Å²) in [6.07, 6.45) is 38.5. The number of ether oxygens (including phenoxy) is 4. The Hall–Kier alpha value is -1.94. The van der Waals surface area contributed by atoms with Crippen LogP contribution in [0.1, 0.15) is 297 Å². The molecule has 78 heavy (non-hydrogen) atoms. The Kier molecular flexibility index (Phi) is 53.0. The van der Waals surface area contributed by atoms with E-state index in [2.05, 4.69) is 20.8 Å². The van der Waals surface area contributed by atoms with Gasteiger partial charge in [-0.1, -0.05) is 246 Å². The Morgan fingerprint density at radius 1 is 0.308 bits per heavy atom. The second-order valence-corrected chi connectivity index (χ2v) is 24.3. The van der Waals surface area contributed by atoms with E-state index in [1.165, 1.54) is 122 Å². The summed E-state index contributed by atoms with van der Waals surface area (Å²) in [5.74, 6) is -2.17. The predicted octanol–water partition coefficient (Wildman–Crippen LogP) is 16.0. The van der Waals surface area contributed by atoms with Crippen molar-refractivity contribution in [1.82, 2.24) is 0 Å². The molecule has 17 nitrogen and oxygen atoms in total. The molecular weight excluding hydrogens is 1040 g/mol. The lowest BCUT2D eigenvalue weighted by Crippen LogP contribution is -2.30. The van der Waals surface area contributed by atoms with Gasteiger partial charge in [-0.15, -0.1) is 0 Å². The normalized spacial score (nSPS) is 14.3. The van der Waals surface area contributed by atoms with Crippen molar-refractivity contribution in [3.8, 4) is 0 Å². The van der Waals surface area contributed by atoms with Crippen molar-refractivity contribution in [2.75, 3.05) is 39.6 Å². The molecule has 5 atom stereocenters. The first kappa shape index (κ1) is 76.1. The Bertz CT molecular complexity index is 1520. The molecule has 0 bridgehead atoms. The van der Waals surface area contributed by atoms with Gasteiger partial charge in [0, 0.05) is 25.7 Å². The quantitative estimate of drug-likeness (QED) is 0.0222. The molecule has 0 aliphatic rings. The van der Waals surface area contributed by atoms with Gasteiger partial charge in [0.25, 0.3) is 0 Å². The largest absolute Gasteiger partial charge is 0.472 e. The lowest BCUT2D eigenvalue weighted by Gasteiger charge is -2.21. The zero-order chi connectivity index (χ0) is 57.6. The maximum Gasteiger partial charge on any atom is 0.472 e. The average Bonchev–Trinajstić information content (AvgIpc) is 3.41. The fraction of sp³-hybridized carbons (Fsp3) is 0.932. The minimum absolute atomic E-state index is 0.104. The van der Waals surface area contributed by atoms with Crippen LogP contribution in [0.3, 0.4) is 0 Å². The van der Waals surface area contributed by atoms with E-state index in [0.717, 1.165) is 96.3 Å². The maximum atomic E-state index is 12.9. The van der Waals surface area contributed by atoms with Crippen LogP contribution in [0, 0.1) is 0 Å². The molecule has 0 aromatic heterocycles. The number of aliphatic hydroxyl groups is 1. The van der Waals surface area contributed by atoms with Gasteiger partial charge >= 0.3 is 39.5 Å². The van der Waals surface area contributed by atoms with Crippen molar-refractivity contribution in [2.24, 2.45) is 0 Å². The van der Waals surface area contributed by atoms with Crippen LogP contribution in [0.5, 0.6) is 0 Å². The topological polar surface area (TPSA) is 237 Å². The van der Waals surface area contributed by atoms with Crippen LogP contribution in [0.25, 0.3) is 0 Å². The molecule has 0 amide bonds. The number of unbranched alkanes of at least 4 members (excludes halogenated alkanes) is 34. The lowest BCUT2D eigenvalue weighted by atomic mass is 10.0. The number of esters is 4. The van der Waals surface area contributed by atoms with Gasteiger partial charge in [-0.3, -0.25) is 37.3 Å². The number of carbonyl (C=O) groups excluding carboxylic acids is 4. The molecule has 0 aromatic rings. The van der Waals surface area contributed by atoms with E-state index in [9.17, 15) is 43.2 Å². The molecule has 2 unspecified atom stereocenters. The van der Waals surface area contributed by atoms with Crippen molar-refractivity contribution in [1.29, 1.82) is 0 Å². The summed E-state index contributed by atoms with van der Waals surface area (Å²) in [7, 11) is -9.85. The van der Waals surface area contributed by atoms with Crippen LogP contribution in [0.2, 0.25) is 0 Å². The minimum atomic E-state index is -4.93. The fourth-order valence-corrected chi connectivity index (χ4v) is 10.3. The first-order chi connectivity index (χ1) is 37.7. The summed E-state index contributed by atoms with van der Waals surface area (Å²) in [4.78, 5) is 71.4. The van der Waals surface area contributed by atoms with Crippen molar-refractivity contribution in [3.63, 3.8) is 0 Å². The van der Waals surface area contributed by atoms with Crippen LogP contribution >= 0.6 is 15.6 Å². The minimum Gasteiger partial charge on any atom is -0.462 e. The molecule has 0 rings (SSSR count). The summed E-state index contributed by atoms with van der Waals surface area (Å²) in [5, 5.41) is 10.5. The highest BCUT2D eigenvalue weighted by atomic mass is 31.2. The van der Waals surface area contributed by atoms with E-state index in [0.29, 0.717) is 25.7 Å². The zero-order valence-electron chi connectivity index (χ0n) is 49.6. The van der Waals surface area contributed by atoms with Crippen LogP contribution in [-0.2, 0) is 65.4 Å². The van der Waals surface area contributed by atoms with Gasteiger partial charge in [-0.25, -0.2) is 9.13 Å². The lowest BCUT2D eigenvalue weighted by molar-refractivity contribution is -0.161. The SMILES string of the molecule is CCCCCCCCCCCCCCCCCC(=O)OC[C@H](COP(=O)(O)OC[C@@H](O)COP(=O)(O)OC[C@@H](COC(=O)CCCCC)OC(=O)CCCCCCCCCCCCCCC)OC(=O)CCCCCCCCC. The third-order valence-corrected chi connectivity index (χ3v) is 15.5. The second kappa shape index (κ2) is 54.3. The fourth-order valence-electron chi connectivity index (χ4n) is 8.75. The van der Waals surface area contributed by atoms with E-state index >= 15 is 0 Å². The van der Waals surface area contributed by atoms with Gasteiger partial charge in [0.05, 0.1) is 26.4 Å². The van der Waals surface area contributed by atoms with E-state index in [-0.39, 0.29) is 25.7 Å². The maximum absolute atomic E-state index is 12.9. The Morgan fingerprint density at radius 3 is 0.782 bits per heavy atom. The average molecular weight is 1160 g/mol. The highest BCUT2D eigenvalue weighted by Crippen LogP contribution is 2.45. The summed E-state index contributed by atoms with van der Waals surface area (Å²) in [6.45, 7) is 4.64. The molecular formula is C59H114O17P2.